The Balaban J connectivity index is 1.77. The zero-order valence-corrected chi connectivity index (χ0v) is 15.5. The van der Waals surface area contributed by atoms with Gasteiger partial charge in [-0.2, -0.15) is 9.40 Å². The van der Waals surface area contributed by atoms with Gasteiger partial charge in [-0.05, 0) is 12.5 Å². The minimum absolute atomic E-state index is 0.00562. The molecule has 0 atom stereocenters. The molecule has 0 unspecified atom stereocenters. The Morgan fingerprint density at radius 2 is 1.93 bits per heavy atom. The molecule has 0 aliphatic carbocycles. The predicted molar refractivity (Wildman–Crippen MR) is 95.6 cm³/mol. The highest BCUT2D eigenvalue weighted by Gasteiger charge is 2.31. The molecule has 10 nitrogen and oxygen atoms in total. The normalized spacial score (nSPS) is 16.1. The van der Waals surface area contributed by atoms with Gasteiger partial charge in [-0.1, -0.05) is 12.1 Å². The monoisotopic (exact) mass is 393 g/mol. The fraction of sp³-hybridized carbons (Fsp3) is 0.375. The lowest BCUT2D eigenvalue weighted by Crippen LogP contribution is -2.37. The summed E-state index contributed by atoms with van der Waals surface area (Å²) in [4.78, 5) is 24.9. The number of aromatic nitrogens is 2. The van der Waals surface area contributed by atoms with Crippen LogP contribution < -0.4 is 0 Å². The highest BCUT2D eigenvalue weighted by molar-refractivity contribution is 7.89. The molecule has 1 aromatic carbocycles. The molecule has 2 heterocycles. The molecule has 0 N–H and O–H groups in total. The van der Waals surface area contributed by atoms with Crippen LogP contribution in [0.3, 0.4) is 0 Å². The van der Waals surface area contributed by atoms with E-state index in [1.807, 2.05) is 0 Å². The van der Waals surface area contributed by atoms with Crippen LogP contribution in [0.15, 0.2) is 41.6 Å². The Kier molecular flexibility index (Phi) is 5.24. The lowest BCUT2D eigenvalue weighted by Gasteiger charge is -2.21. The van der Waals surface area contributed by atoms with E-state index in [4.69, 9.17) is 0 Å². The van der Waals surface area contributed by atoms with E-state index in [-0.39, 0.29) is 35.8 Å². The molecule has 1 fully saturated rings. The summed E-state index contributed by atoms with van der Waals surface area (Å²) < 4.78 is 28.2. The lowest BCUT2D eigenvalue weighted by atomic mass is 10.1. The van der Waals surface area contributed by atoms with Crippen LogP contribution in [-0.4, -0.2) is 64.4 Å². The van der Waals surface area contributed by atoms with Crippen molar-refractivity contribution in [2.24, 2.45) is 7.05 Å². The third kappa shape index (κ3) is 3.83. The van der Waals surface area contributed by atoms with Crippen LogP contribution in [0, 0.1) is 10.1 Å². The molecule has 0 bridgehead atoms. The number of hydrogen-bond acceptors (Lipinski definition) is 6. The summed E-state index contributed by atoms with van der Waals surface area (Å²) in [6.45, 7) is 0.857. The van der Waals surface area contributed by atoms with Crippen molar-refractivity contribution in [1.82, 2.24) is 19.0 Å². The van der Waals surface area contributed by atoms with Crippen LogP contribution in [0.5, 0.6) is 0 Å². The number of sulfonamides is 1. The second-order valence-corrected chi connectivity index (χ2v) is 8.11. The molecule has 2 aromatic rings. The topological polar surface area (TPSA) is 119 Å². The van der Waals surface area contributed by atoms with Crippen LogP contribution in [-0.2, 0) is 17.1 Å². The highest BCUT2D eigenvalue weighted by atomic mass is 32.2. The number of hydrogen-bond donors (Lipinski definition) is 0. The van der Waals surface area contributed by atoms with E-state index in [1.54, 1.807) is 13.1 Å². The van der Waals surface area contributed by atoms with Gasteiger partial charge in [0.2, 0.25) is 10.0 Å². The van der Waals surface area contributed by atoms with Gasteiger partial charge in [-0.25, -0.2) is 8.42 Å². The molecule has 1 saturated heterocycles. The van der Waals surface area contributed by atoms with E-state index in [2.05, 4.69) is 5.10 Å². The quantitative estimate of drug-likeness (QED) is 0.562. The second kappa shape index (κ2) is 7.45. The average molecular weight is 393 g/mol. The SMILES string of the molecule is Cn1cc(S(=O)(=O)N2CCCN(C(=O)c3ccccc3[N+](=O)[O-])CC2)cn1. The van der Waals surface area contributed by atoms with E-state index in [0.717, 1.165) is 0 Å². The van der Waals surface area contributed by atoms with Crippen molar-refractivity contribution in [3.05, 3.63) is 52.3 Å². The van der Waals surface area contributed by atoms with Crippen molar-refractivity contribution in [2.45, 2.75) is 11.3 Å². The van der Waals surface area contributed by atoms with Crippen molar-refractivity contribution in [3.8, 4) is 0 Å². The molecule has 3 rings (SSSR count). The molecule has 0 radical (unpaired) electrons. The van der Waals surface area contributed by atoms with Gasteiger partial charge in [0.25, 0.3) is 11.6 Å². The van der Waals surface area contributed by atoms with Crippen molar-refractivity contribution in [3.63, 3.8) is 0 Å². The van der Waals surface area contributed by atoms with Gasteiger partial charge in [0, 0.05) is 45.5 Å². The summed E-state index contributed by atoms with van der Waals surface area (Å²) in [7, 11) is -2.06. The maximum atomic E-state index is 12.7. The molecule has 1 aliphatic rings. The van der Waals surface area contributed by atoms with Gasteiger partial charge in [-0.15, -0.1) is 0 Å². The third-order valence-corrected chi connectivity index (χ3v) is 6.24. The number of carbonyl (C=O) groups is 1. The van der Waals surface area contributed by atoms with Crippen molar-refractivity contribution in [2.75, 3.05) is 26.2 Å². The van der Waals surface area contributed by atoms with Crippen molar-refractivity contribution >= 4 is 21.6 Å². The summed E-state index contributed by atoms with van der Waals surface area (Å²) in [5, 5.41) is 15.1. The largest absolute Gasteiger partial charge is 0.337 e. The van der Waals surface area contributed by atoms with Gasteiger partial charge in [0.05, 0.1) is 11.1 Å². The van der Waals surface area contributed by atoms with E-state index in [0.29, 0.717) is 13.0 Å². The fourth-order valence-electron chi connectivity index (χ4n) is 3.00. The highest BCUT2D eigenvalue weighted by Crippen LogP contribution is 2.22. The molecule has 144 valence electrons. The summed E-state index contributed by atoms with van der Waals surface area (Å²) in [6.07, 6.45) is 3.15. The molecule has 1 aliphatic heterocycles. The van der Waals surface area contributed by atoms with Crippen LogP contribution >= 0.6 is 0 Å². The summed E-state index contributed by atoms with van der Waals surface area (Å²) >= 11 is 0. The van der Waals surface area contributed by atoms with E-state index in [9.17, 15) is 23.3 Å². The van der Waals surface area contributed by atoms with Crippen LogP contribution in [0.4, 0.5) is 5.69 Å². The number of para-hydroxylation sites is 1. The first-order valence-corrected chi connectivity index (χ1v) is 9.76. The third-order valence-electron chi connectivity index (χ3n) is 4.39. The fourth-order valence-corrected chi connectivity index (χ4v) is 4.46. The Bertz CT molecular complexity index is 971. The summed E-state index contributed by atoms with van der Waals surface area (Å²) in [5.41, 5.74) is -0.252. The van der Waals surface area contributed by atoms with Gasteiger partial charge in [0.1, 0.15) is 10.5 Å². The standard InChI is InChI=1S/C16H19N5O5S/c1-18-12-13(11-17-18)27(25,26)20-8-4-7-19(9-10-20)16(22)14-5-2-3-6-15(14)21(23)24/h2-3,5-6,11-12H,4,7-10H2,1H3. The summed E-state index contributed by atoms with van der Waals surface area (Å²) in [5.74, 6) is -0.470. The van der Waals surface area contributed by atoms with E-state index in [1.165, 1.54) is 44.5 Å². The number of amides is 1. The first-order valence-electron chi connectivity index (χ1n) is 8.32. The predicted octanol–water partition coefficient (Wildman–Crippen LogP) is 0.865. The minimum Gasteiger partial charge on any atom is -0.337 e. The Labute approximate surface area is 156 Å². The molecule has 1 amide bonds. The van der Waals surface area contributed by atoms with Crippen LogP contribution in [0.1, 0.15) is 16.8 Å². The molecule has 0 saturated carbocycles. The van der Waals surface area contributed by atoms with E-state index < -0.39 is 20.9 Å². The Morgan fingerprint density at radius 1 is 1.19 bits per heavy atom. The molecular weight excluding hydrogens is 374 g/mol. The first kappa shape index (κ1) is 19.0. The summed E-state index contributed by atoms with van der Waals surface area (Å²) in [6, 6.07) is 5.76. The lowest BCUT2D eigenvalue weighted by molar-refractivity contribution is -0.385. The number of nitro groups is 1. The van der Waals surface area contributed by atoms with Gasteiger partial charge < -0.3 is 4.90 Å². The molecular formula is C16H19N5O5S. The number of carbonyl (C=O) groups excluding carboxylic acids is 1. The van der Waals surface area contributed by atoms with Gasteiger partial charge in [-0.3, -0.25) is 19.6 Å². The molecule has 27 heavy (non-hydrogen) atoms. The van der Waals surface area contributed by atoms with Crippen molar-refractivity contribution in [1.29, 1.82) is 0 Å². The Hall–Kier alpha value is -2.79. The number of rotatable bonds is 4. The number of nitro benzene ring substituents is 1. The Morgan fingerprint density at radius 3 is 2.59 bits per heavy atom. The van der Waals surface area contributed by atoms with Crippen LogP contribution in [0.25, 0.3) is 0 Å². The maximum absolute atomic E-state index is 12.7. The number of nitrogens with zero attached hydrogens (tertiary/aromatic N) is 5. The maximum Gasteiger partial charge on any atom is 0.282 e. The molecule has 11 heteroatoms. The molecule has 0 spiro atoms. The zero-order valence-electron chi connectivity index (χ0n) is 14.7. The average Bonchev–Trinajstić information content (AvgIpc) is 2.93. The number of aryl methyl sites for hydroxylation is 1. The molecule has 1 aromatic heterocycles. The van der Waals surface area contributed by atoms with Crippen molar-refractivity contribution < 1.29 is 18.1 Å². The van der Waals surface area contributed by atoms with Gasteiger partial charge >= 0.3 is 0 Å². The zero-order chi connectivity index (χ0) is 19.6. The second-order valence-electron chi connectivity index (χ2n) is 6.17. The minimum atomic E-state index is -3.70. The van der Waals surface area contributed by atoms with E-state index >= 15 is 0 Å². The smallest absolute Gasteiger partial charge is 0.282 e. The number of benzene rings is 1. The first-order chi connectivity index (χ1) is 12.8. The van der Waals surface area contributed by atoms with Crippen LogP contribution in [0.2, 0.25) is 0 Å². The van der Waals surface area contributed by atoms with Gasteiger partial charge in [0.15, 0.2) is 0 Å².